The quantitative estimate of drug-likeness (QED) is 0.811. The van der Waals surface area contributed by atoms with Crippen LogP contribution < -0.4 is 14.8 Å². The van der Waals surface area contributed by atoms with Gasteiger partial charge >= 0.3 is 0 Å². The summed E-state index contributed by atoms with van der Waals surface area (Å²) in [4.78, 5) is 15.0. The van der Waals surface area contributed by atoms with Crippen LogP contribution in [0, 0.1) is 5.82 Å². The number of nitrogens with zero attached hydrogens (tertiary/aromatic N) is 1. The lowest BCUT2D eigenvalue weighted by molar-refractivity contribution is -0.133. The van der Waals surface area contributed by atoms with E-state index in [1.54, 1.807) is 19.2 Å². The van der Waals surface area contributed by atoms with Crippen LogP contribution in [-0.4, -0.2) is 49.7 Å². The molecule has 6 heteroatoms. The van der Waals surface area contributed by atoms with Gasteiger partial charge in [-0.3, -0.25) is 4.79 Å². The second-order valence-electron chi connectivity index (χ2n) is 7.67. The number of carbonyl (C=O) groups is 1. The number of amides is 1. The Hall–Kier alpha value is -2.60. The second kappa shape index (κ2) is 8.82. The molecular formula is C23H27FN2O3. The number of hydrogen-bond donors (Lipinski definition) is 1. The molecule has 2 saturated heterocycles. The van der Waals surface area contributed by atoms with Crippen molar-refractivity contribution in [3.8, 4) is 11.5 Å². The molecule has 0 spiro atoms. The molecule has 2 aromatic rings. The molecule has 2 aliphatic rings. The van der Waals surface area contributed by atoms with Crippen LogP contribution >= 0.6 is 0 Å². The van der Waals surface area contributed by atoms with Crippen molar-refractivity contribution in [2.45, 2.75) is 37.3 Å². The molecule has 154 valence electrons. The fourth-order valence-corrected chi connectivity index (χ4v) is 4.54. The summed E-state index contributed by atoms with van der Waals surface area (Å²) in [6.45, 7) is 1.91. The minimum Gasteiger partial charge on any atom is -0.497 e. The van der Waals surface area contributed by atoms with Gasteiger partial charge in [0.1, 0.15) is 17.3 Å². The van der Waals surface area contributed by atoms with Crippen LogP contribution in [0.15, 0.2) is 48.5 Å². The summed E-state index contributed by atoms with van der Waals surface area (Å²) in [5.74, 6) is 1.27. The van der Waals surface area contributed by atoms with Crippen LogP contribution in [0.5, 0.6) is 11.5 Å². The van der Waals surface area contributed by atoms with Gasteiger partial charge in [-0.1, -0.05) is 18.2 Å². The third kappa shape index (κ3) is 4.37. The van der Waals surface area contributed by atoms with Gasteiger partial charge in [0.25, 0.3) is 0 Å². The first kappa shape index (κ1) is 19.7. The summed E-state index contributed by atoms with van der Waals surface area (Å²) in [7, 11) is 1.67. The average molecular weight is 398 g/mol. The van der Waals surface area contributed by atoms with Crippen LogP contribution in [0.2, 0.25) is 0 Å². The number of halogens is 1. The Kier molecular flexibility index (Phi) is 6.00. The molecular weight excluding hydrogens is 371 g/mol. The number of benzene rings is 2. The van der Waals surface area contributed by atoms with E-state index in [1.165, 1.54) is 17.7 Å². The zero-order valence-corrected chi connectivity index (χ0v) is 16.6. The van der Waals surface area contributed by atoms with Crippen molar-refractivity contribution in [3.63, 3.8) is 0 Å². The summed E-state index contributed by atoms with van der Waals surface area (Å²) in [6.07, 6.45) is 2.36. The predicted octanol–water partition coefficient (Wildman–Crippen LogP) is 3.35. The van der Waals surface area contributed by atoms with E-state index in [0.717, 1.165) is 25.1 Å². The van der Waals surface area contributed by atoms with Crippen LogP contribution in [0.25, 0.3) is 0 Å². The first-order chi connectivity index (χ1) is 14.2. The highest BCUT2D eigenvalue weighted by Gasteiger charge is 2.45. The zero-order chi connectivity index (χ0) is 20.2. The minimum absolute atomic E-state index is 0.0884. The van der Waals surface area contributed by atoms with Crippen molar-refractivity contribution in [2.24, 2.45) is 0 Å². The number of piperidine rings is 1. The van der Waals surface area contributed by atoms with E-state index in [0.29, 0.717) is 12.3 Å². The molecule has 0 unspecified atom stereocenters. The molecule has 1 N–H and O–H groups in total. The van der Waals surface area contributed by atoms with Gasteiger partial charge in [0.15, 0.2) is 0 Å². The van der Waals surface area contributed by atoms with E-state index in [9.17, 15) is 9.18 Å². The SMILES string of the molecule is COc1cccc([C@H]2CN(C(=O)CCOc3cccc(F)c3)[C@@H]3CCCN[C@H]23)c1. The van der Waals surface area contributed by atoms with Crippen molar-refractivity contribution in [2.75, 3.05) is 26.8 Å². The summed E-state index contributed by atoms with van der Waals surface area (Å²) >= 11 is 0. The molecule has 0 radical (unpaired) electrons. The maximum absolute atomic E-state index is 13.3. The monoisotopic (exact) mass is 398 g/mol. The molecule has 5 nitrogen and oxygen atoms in total. The average Bonchev–Trinajstić information content (AvgIpc) is 3.14. The van der Waals surface area contributed by atoms with Crippen molar-refractivity contribution in [1.29, 1.82) is 0 Å². The third-order valence-electron chi connectivity index (χ3n) is 5.92. The molecule has 0 aliphatic carbocycles. The molecule has 2 aliphatic heterocycles. The van der Waals surface area contributed by atoms with Crippen molar-refractivity contribution < 1.29 is 18.7 Å². The highest BCUT2D eigenvalue weighted by molar-refractivity contribution is 5.77. The molecule has 1 amide bonds. The Morgan fingerprint density at radius 1 is 1.21 bits per heavy atom. The summed E-state index contributed by atoms with van der Waals surface area (Å²) in [6, 6.07) is 14.6. The van der Waals surface area contributed by atoms with E-state index in [4.69, 9.17) is 9.47 Å². The highest BCUT2D eigenvalue weighted by Crippen LogP contribution is 2.37. The lowest BCUT2D eigenvalue weighted by Crippen LogP contribution is -2.49. The summed E-state index contributed by atoms with van der Waals surface area (Å²) in [5, 5.41) is 3.63. The van der Waals surface area contributed by atoms with E-state index >= 15 is 0 Å². The van der Waals surface area contributed by atoms with E-state index in [1.807, 2.05) is 17.0 Å². The minimum atomic E-state index is -0.342. The molecule has 29 heavy (non-hydrogen) atoms. The Bertz CT molecular complexity index is 860. The standard InChI is InChI=1S/C23H27FN2O3/c1-28-18-7-2-5-16(13-18)20-15-26(21-9-4-11-25-23(20)21)22(27)10-12-29-19-8-3-6-17(24)14-19/h2-3,5-8,13-14,20-21,23,25H,4,9-12,15H2,1H3/t20-,21-,23-/m1/s1. The van der Waals surface area contributed by atoms with Gasteiger partial charge in [0.05, 0.1) is 20.1 Å². The van der Waals surface area contributed by atoms with Gasteiger partial charge in [-0.15, -0.1) is 0 Å². The molecule has 2 aromatic carbocycles. The maximum atomic E-state index is 13.3. The van der Waals surface area contributed by atoms with Crippen molar-refractivity contribution in [1.82, 2.24) is 10.2 Å². The van der Waals surface area contributed by atoms with E-state index < -0.39 is 0 Å². The van der Waals surface area contributed by atoms with Gasteiger partial charge in [-0.25, -0.2) is 4.39 Å². The third-order valence-corrected chi connectivity index (χ3v) is 5.92. The van der Waals surface area contributed by atoms with Crippen LogP contribution in [0.3, 0.4) is 0 Å². The molecule has 2 fully saturated rings. The highest BCUT2D eigenvalue weighted by atomic mass is 19.1. The summed E-state index contributed by atoms with van der Waals surface area (Å²) in [5.41, 5.74) is 1.19. The van der Waals surface area contributed by atoms with Crippen LogP contribution in [0.4, 0.5) is 4.39 Å². The molecule has 2 heterocycles. The number of rotatable bonds is 6. The molecule has 4 rings (SSSR count). The molecule has 3 atom stereocenters. The lowest BCUT2D eigenvalue weighted by Gasteiger charge is -2.33. The zero-order valence-electron chi connectivity index (χ0n) is 16.6. The number of fused-ring (bicyclic) bond motifs is 1. The van der Waals surface area contributed by atoms with Gasteiger partial charge in [-0.2, -0.15) is 0 Å². The van der Waals surface area contributed by atoms with Crippen LogP contribution in [0.1, 0.15) is 30.7 Å². The number of methoxy groups -OCH3 is 1. The number of carbonyl (C=O) groups excluding carboxylic acids is 1. The number of likely N-dealkylation sites (tertiary alicyclic amines) is 1. The fourth-order valence-electron chi connectivity index (χ4n) is 4.54. The first-order valence-electron chi connectivity index (χ1n) is 10.2. The molecule has 0 bridgehead atoms. The maximum Gasteiger partial charge on any atom is 0.226 e. The van der Waals surface area contributed by atoms with Crippen molar-refractivity contribution in [3.05, 3.63) is 59.9 Å². The summed E-state index contributed by atoms with van der Waals surface area (Å²) < 4.78 is 24.2. The van der Waals surface area contributed by atoms with Crippen molar-refractivity contribution >= 4 is 5.91 Å². The fraction of sp³-hybridized carbons (Fsp3) is 0.435. The topological polar surface area (TPSA) is 50.8 Å². The van der Waals surface area contributed by atoms with Crippen LogP contribution in [-0.2, 0) is 4.79 Å². The Morgan fingerprint density at radius 3 is 2.86 bits per heavy atom. The van der Waals surface area contributed by atoms with Gasteiger partial charge in [0.2, 0.25) is 5.91 Å². The number of ether oxygens (including phenoxy) is 2. The van der Waals surface area contributed by atoms with Gasteiger partial charge in [0, 0.05) is 30.6 Å². The number of nitrogens with one attached hydrogen (secondary N) is 1. The van der Waals surface area contributed by atoms with Gasteiger partial charge in [-0.05, 0) is 49.2 Å². The number of hydrogen-bond acceptors (Lipinski definition) is 4. The van der Waals surface area contributed by atoms with Gasteiger partial charge < -0.3 is 19.7 Å². The first-order valence-corrected chi connectivity index (χ1v) is 10.2. The lowest BCUT2D eigenvalue weighted by atomic mass is 9.87. The van der Waals surface area contributed by atoms with E-state index in [-0.39, 0.29) is 42.8 Å². The largest absolute Gasteiger partial charge is 0.497 e. The molecule has 0 saturated carbocycles. The molecule has 0 aromatic heterocycles. The smallest absolute Gasteiger partial charge is 0.226 e. The Morgan fingerprint density at radius 2 is 2.03 bits per heavy atom. The normalized spacial score (nSPS) is 23.5. The Labute approximate surface area is 170 Å². The second-order valence-corrected chi connectivity index (χ2v) is 7.67. The Balaban J connectivity index is 1.43. The van der Waals surface area contributed by atoms with E-state index in [2.05, 4.69) is 17.4 Å². The predicted molar refractivity (Wildman–Crippen MR) is 109 cm³/mol.